The number of nitrogens with zero attached hydrogens (tertiary/aromatic N) is 1. The fourth-order valence-corrected chi connectivity index (χ4v) is 2.03. The summed E-state index contributed by atoms with van der Waals surface area (Å²) in [6.07, 6.45) is 2.88. The van der Waals surface area contributed by atoms with E-state index in [1.807, 2.05) is 6.07 Å². The molecule has 0 saturated carbocycles. The minimum Gasteiger partial charge on any atom is -0.355 e. The Morgan fingerprint density at radius 1 is 1.40 bits per heavy atom. The molecule has 2 atom stereocenters. The average molecular weight is 201 g/mol. The first-order valence-corrected chi connectivity index (χ1v) is 5.41. The van der Waals surface area contributed by atoms with Gasteiger partial charge in [0.2, 0.25) is 0 Å². The van der Waals surface area contributed by atoms with Crippen LogP contribution < -0.4 is 0 Å². The summed E-state index contributed by atoms with van der Waals surface area (Å²) in [7, 11) is 0. The summed E-state index contributed by atoms with van der Waals surface area (Å²) in [4.78, 5) is 0. The highest BCUT2D eigenvalue weighted by molar-refractivity contribution is 5.24. The van der Waals surface area contributed by atoms with Crippen molar-refractivity contribution in [2.75, 3.05) is 0 Å². The first-order valence-electron chi connectivity index (χ1n) is 5.41. The van der Waals surface area contributed by atoms with Crippen molar-refractivity contribution in [1.29, 1.82) is 5.26 Å². The predicted octanol–water partition coefficient (Wildman–Crippen LogP) is 3.13. The van der Waals surface area contributed by atoms with Crippen molar-refractivity contribution in [1.82, 2.24) is 0 Å². The van der Waals surface area contributed by atoms with Crippen molar-refractivity contribution in [3.8, 4) is 6.07 Å². The van der Waals surface area contributed by atoms with Gasteiger partial charge in [0.15, 0.2) is 0 Å². The summed E-state index contributed by atoms with van der Waals surface area (Å²) in [5, 5.41) is 8.84. The van der Waals surface area contributed by atoms with Gasteiger partial charge >= 0.3 is 0 Å². The van der Waals surface area contributed by atoms with E-state index in [-0.39, 0.29) is 12.2 Å². The lowest BCUT2D eigenvalue weighted by atomic mass is 9.98. The summed E-state index contributed by atoms with van der Waals surface area (Å²) in [6.45, 7) is 2.08. The fraction of sp³-hybridized carbons (Fsp3) is 0.462. The molecule has 2 heteroatoms. The Labute approximate surface area is 90.5 Å². The van der Waals surface area contributed by atoms with Gasteiger partial charge in [-0.2, -0.15) is 5.26 Å². The van der Waals surface area contributed by atoms with Crippen molar-refractivity contribution >= 4 is 0 Å². The van der Waals surface area contributed by atoms with E-state index in [4.69, 9.17) is 10.00 Å². The van der Waals surface area contributed by atoms with Crippen LogP contribution in [0.3, 0.4) is 0 Å². The molecule has 1 aromatic rings. The highest BCUT2D eigenvalue weighted by Gasteiger charge is 2.23. The lowest BCUT2D eigenvalue weighted by Crippen LogP contribution is -2.20. The van der Waals surface area contributed by atoms with Crippen molar-refractivity contribution in [3.63, 3.8) is 0 Å². The number of ether oxygens (including phenoxy) is 1. The maximum Gasteiger partial charge on any atom is 0.144 e. The van der Waals surface area contributed by atoms with Crippen LogP contribution in [-0.2, 0) is 4.74 Å². The van der Waals surface area contributed by atoms with Gasteiger partial charge in [0.1, 0.15) is 6.10 Å². The topological polar surface area (TPSA) is 33.0 Å². The molecule has 1 aliphatic heterocycles. The molecule has 0 unspecified atom stereocenters. The molecule has 1 aromatic carbocycles. The van der Waals surface area contributed by atoms with E-state index in [2.05, 4.69) is 31.2 Å². The van der Waals surface area contributed by atoms with Crippen LogP contribution in [0.5, 0.6) is 0 Å². The van der Waals surface area contributed by atoms with Crippen LogP contribution in [-0.4, -0.2) is 6.10 Å². The molecule has 15 heavy (non-hydrogen) atoms. The van der Waals surface area contributed by atoms with E-state index in [0.29, 0.717) is 0 Å². The van der Waals surface area contributed by atoms with Gasteiger partial charge in [0.25, 0.3) is 0 Å². The standard InChI is InChI=1S/C13H15NO/c1-10-4-2-5-11(8-10)13-7-3-6-12(9-14)15-13/h2,4-5,8,12-13H,3,6-7H2,1H3/t12-,13+/m1/s1. The van der Waals surface area contributed by atoms with Gasteiger partial charge in [-0.25, -0.2) is 0 Å². The van der Waals surface area contributed by atoms with Crippen molar-refractivity contribution in [2.45, 2.75) is 38.4 Å². The molecular formula is C13H15NO. The lowest BCUT2D eigenvalue weighted by Gasteiger charge is -2.26. The lowest BCUT2D eigenvalue weighted by molar-refractivity contribution is -0.0228. The zero-order valence-corrected chi connectivity index (χ0v) is 8.94. The van der Waals surface area contributed by atoms with Crippen molar-refractivity contribution < 1.29 is 4.74 Å². The second-order valence-corrected chi connectivity index (χ2v) is 4.09. The summed E-state index contributed by atoms with van der Waals surface area (Å²) in [5.74, 6) is 0. The Bertz CT molecular complexity index is 380. The molecule has 0 spiro atoms. The van der Waals surface area contributed by atoms with Gasteiger partial charge in [-0.3, -0.25) is 0 Å². The van der Waals surface area contributed by atoms with Crippen LogP contribution in [0.25, 0.3) is 0 Å². The van der Waals surface area contributed by atoms with Gasteiger partial charge in [-0.1, -0.05) is 29.8 Å². The van der Waals surface area contributed by atoms with Crippen LogP contribution in [0.2, 0.25) is 0 Å². The second kappa shape index (κ2) is 4.46. The highest BCUT2D eigenvalue weighted by Crippen LogP contribution is 2.31. The Kier molecular flexibility index (Phi) is 3.03. The van der Waals surface area contributed by atoms with Crippen LogP contribution in [0, 0.1) is 18.3 Å². The molecule has 1 aliphatic rings. The molecule has 1 saturated heterocycles. The summed E-state index contributed by atoms with van der Waals surface area (Å²) in [5.41, 5.74) is 2.45. The van der Waals surface area contributed by atoms with Crippen molar-refractivity contribution in [2.24, 2.45) is 0 Å². The van der Waals surface area contributed by atoms with E-state index in [0.717, 1.165) is 19.3 Å². The molecule has 0 amide bonds. The third kappa shape index (κ3) is 2.37. The second-order valence-electron chi connectivity index (χ2n) is 4.09. The Morgan fingerprint density at radius 3 is 3.00 bits per heavy atom. The van der Waals surface area contributed by atoms with Crippen LogP contribution >= 0.6 is 0 Å². The molecule has 0 N–H and O–H groups in total. The molecule has 1 heterocycles. The Morgan fingerprint density at radius 2 is 2.27 bits per heavy atom. The quantitative estimate of drug-likeness (QED) is 0.699. The number of rotatable bonds is 1. The molecule has 78 valence electrons. The molecule has 1 fully saturated rings. The Hall–Kier alpha value is -1.33. The van der Waals surface area contributed by atoms with Gasteiger partial charge in [-0.15, -0.1) is 0 Å². The normalized spacial score (nSPS) is 25.9. The summed E-state index contributed by atoms with van der Waals surface area (Å²) in [6, 6.07) is 10.5. The van der Waals surface area contributed by atoms with Gasteiger partial charge in [0, 0.05) is 0 Å². The van der Waals surface area contributed by atoms with E-state index in [1.54, 1.807) is 0 Å². The number of hydrogen-bond donors (Lipinski definition) is 0. The van der Waals surface area contributed by atoms with Crippen LogP contribution in [0.15, 0.2) is 24.3 Å². The fourth-order valence-electron chi connectivity index (χ4n) is 2.03. The van der Waals surface area contributed by atoms with Gasteiger partial charge in [-0.05, 0) is 31.7 Å². The average Bonchev–Trinajstić information content (AvgIpc) is 2.29. The summed E-state index contributed by atoms with van der Waals surface area (Å²) < 4.78 is 5.72. The maximum atomic E-state index is 8.84. The third-order valence-electron chi connectivity index (χ3n) is 2.82. The van der Waals surface area contributed by atoms with Crippen molar-refractivity contribution in [3.05, 3.63) is 35.4 Å². The van der Waals surface area contributed by atoms with Gasteiger partial charge in [0.05, 0.1) is 12.2 Å². The molecule has 2 nitrogen and oxygen atoms in total. The minimum atomic E-state index is -0.218. The van der Waals surface area contributed by atoms with E-state index >= 15 is 0 Å². The number of hydrogen-bond acceptors (Lipinski definition) is 2. The zero-order chi connectivity index (χ0) is 10.7. The van der Waals surface area contributed by atoms with Crippen LogP contribution in [0.4, 0.5) is 0 Å². The number of nitriles is 1. The predicted molar refractivity (Wildman–Crippen MR) is 58.3 cm³/mol. The largest absolute Gasteiger partial charge is 0.355 e. The van der Waals surface area contributed by atoms with E-state index < -0.39 is 0 Å². The molecule has 0 aromatic heterocycles. The molecular weight excluding hydrogens is 186 g/mol. The molecule has 0 aliphatic carbocycles. The SMILES string of the molecule is Cc1cccc([C@@H]2CCC[C@H](C#N)O2)c1. The summed E-state index contributed by atoms with van der Waals surface area (Å²) >= 11 is 0. The molecule has 0 radical (unpaired) electrons. The molecule has 0 bridgehead atoms. The van der Waals surface area contributed by atoms with Crippen LogP contribution in [0.1, 0.15) is 36.5 Å². The van der Waals surface area contributed by atoms with E-state index in [1.165, 1.54) is 11.1 Å². The maximum absolute atomic E-state index is 8.84. The first-order chi connectivity index (χ1) is 7.29. The number of benzene rings is 1. The third-order valence-corrected chi connectivity index (χ3v) is 2.82. The highest BCUT2D eigenvalue weighted by atomic mass is 16.5. The first kappa shape index (κ1) is 10.2. The molecule has 2 rings (SSSR count). The minimum absolute atomic E-state index is 0.114. The Balaban J connectivity index is 2.14. The smallest absolute Gasteiger partial charge is 0.144 e. The zero-order valence-electron chi connectivity index (χ0n) is 8.94. The van der Waals surface area contributed by atoms with Gasteiger partial charge < -0.3 is 4.74 Å². The monoisotopic (exact) mass is 201 g/mol. The van der Waals surface area contributed by atoms with E-state index in [9.17, 15) is 0 Å². The number of aryl methyl sites for hydroxylation is 1.